The zero-order valence-electron chi connectivity index (χ0n) is 14.0. The van der Waals surface area contributed by atoms with E-state index in [1.165, 1.54) is 4.31 Å². The number of aryl methyl sites for hydroxylation is 1. The van der Waals surface area contributed by atoms with Crippen LogP contribution in [0.4, 0.5) is 5.69 Å². The van der Waals surface area contributed by atoms with E-state index in [9.17, 15) is 13.5 Å². The summed E-state index contributed by atoms with van der Waals surface area (Å²) in [5.74, 6) is 0. The third-order valence-electron chi connectivity index (χ3n) is 4.02. The summed E-state index contributed by atoms with van der Waals surface area (Å²) in [6.45, 7) is 5.41. The van der Waals surface area contributed by atoms with Crippen molar-refractivity contribution in [3.63, 3.8) is 0 Å². The lowest BCUT2D eigenvalue weighted by atomic mass is 10.1. The van der Waals surface area contributed by atoms with Crippen molar-refractivity contribution in [1.29, 1.82) is 0 Å². The first kappa shape index (κ1) is 18.8. The summed E-state index contributed by atoms with van der Waals surface area (Å²) in [7, 11) is -3.77. The number of halogens is 1. The van der Waals surface area contributed by atoms with E-state index in [1.54, 1.807) is 42.5 Å². The summed E-state index contributed by atoms with van der Waals surface area (Å²) in [6, 6.07) is 11.3. The lowest BCUT2D eigenvalue weighted by Crippen LogP contribution is -2.39. The lowest BCUT2D eigenvalue weighted by molar-refractivity contribution is 0.282. The molecule has 0 unspecified atom stereocenters. The van der Waals surface area contributed by atoms with Crippen LogP contribution in [0.5, 0.6) is 0 Å². The van der Waals surface area contributed by atoms with Crippen LogP contribution in [0.25, 0.3) is 0 Å². The maximum Gasteiger partial charge on any atom is 0.264 e. The molecular weight excluding hydrogens is 346 g/mol. The molecule has 1 N–H and O–H groups in total. The average Bonchev–Trinajstić information content (AvgIpc) is 2.55. The van der Waals surface area contributed by atoms with Crippen LogP contribution in [-0.4, -0.2) is 19.6 Å². The van der Waals surface area contributed by atoms with Gasteiger partial charge in [-0.25, -0.2) is 8.42 Å². The van der Waals surface area contributed by atoms with Gasteiger partial charge in [0.2, 0.25) is 0 Å². The Kier molecular flexibility index (Phi) is 5.91. The van der Waals surface area contributed by atoms with Crippen LogP contribution < -0.4 is 4.31 Å². The van der Waals surface area contributed by atoms with Gasteiger partial charge in [-0.05, 0) is 44.5 Å². The third kappa shape index (κ3) is 3.74. The number of aliphatic hydroxyl groups is 1. The molecular formula is C18H22ClNO3S. The molecule has 0 aliphatic carbocycles. The summed E-state index contributed by atoms with van der Waals surface area (Å²) in [6.07, 6.45) is 0.627. The largest absolute Gasteiger partial charge is 0.392 e. The minimum Gasteiger partial charge on any atom is -0.392 e. The second kappa shape index (κ2) is 7.55. The van der Waals surface area contributed by atoms with E-state index in [4.69, 9.17) is 11.6 Å². The number of aliphatic hydroxyl groups excluding tert-OH is 1. The molecule has 24 heavy (non-hydrogen) atoms. The highest BCUT2D eigenvalue weighted by Crippen LogP contribution is 2.32. The Hall–Kier alpha value is -1.56. The molecule has 2 aromatic rings. The number of benzene rings is 2. The molecule has 0 aliphatic rings. The summed E-state index contributed by atoms with van der Waals surface area (Å²) < 4.78 is 27.8. The Balaban J connectivity index is 2.65. The monoisotopic (exact) mass is 367 g/mol. The maximum atomic E-state index is 13.2. The summed E-state index contributed by atoms with van der Waals surface area (Å²) >= 11 is 6.08. The highest BCUT2D eigenvalue weighted by molar-refractivity contribution is 7.92. The molecule has 0 heterocycles. The van der Waals surface area contributed by atoms with Crippen LogP contribution in [0.3, 0.4) is 0 Å². The van der Waals surface area contributed by atoms with Crippen molar-refractivity contribution >= 4 is 27.3 Å². The minimum absolute atomic E-state index is 0.220. The van der Waals surface area contributed by atoms with Gasteiger partial charge >= 0.3 is 0 Å². The molecule has 0 amide bonds. The molecule has 2 aromatic carbocycles. The minimum atomic E-state index is -3.77. The van der Waals surface area contributed by atoms with E-state index < -0.39 is 10.0 Å². The second-order valence-corrected chi connectivity index (χ2v) is 8.05. The van der Waals surface area contributed by atoms with Gasteiger partial charge in [0.15, 0.2) is 0 Å². The van der Waals surface area contributed by atoms with Crippen molar-refractivity contribution in [2.45, 2.75) is 44.7 Å². The summed E-state index contributed by atoms with van der Waals surface area (Å²) in [5, 5.41) is 10.0. The maximum absolute atomic E-state index is 13.2. The molecule has 0 radical (unpaired) electrons. The van der Waals surface area contributed by atoms with E-state index in [-0.39, 0.29) is 17.5 Å². The van der Waals surface area contributed by atoms with Crippen molar-refractivity contribution in [3.05, 3.63) is 58.6 Å². The second-order valence-electron chi connectivity index (χ2n) is 5.80. The molecule has 0 saturated carbocycles. The van der Waals surface area contributed by atoms with Gasteiger partial charge in [0, 0.05) is 16.6 Å². The first-order chi connectivity index (χ1) is 11.3. The smallest absolute Gasteiger partial charge is 0.264 e. The quantitative estimate of drug-likeness (QED) is 0.834. The molecule has 4 nitrogen and oxygen atoms in total. The molecule has 0 spiro atoms. The average molecular weight is 368 g/mol. The third-order valence-corrected chi connectivity index (χ3v) is 6.20. The van der Waals surface area contributed by atoms with E-state index in [0.29, 0.717) is 22.7 Å². The normalized spacial score (nSPS) is 12.9. The molecule has 1 atom stereocenters. The van der Waals surface area contributed by atoms with Gasteiger partial charge in [0.25, 0.3) is 10.0 Å². The Morgan fingerprint density at radius 3 is 2.33 bits per heavy atom. The van der Waals surface area contributed by atoms with Crippen LogP contribution in [-0.2, 0) is 16.6 Å². The molecule has 0 aromatic heterocycles. The number of hydrogen-bond donors (Lipinski definition) is 1. The van der Waals surface area contributed by atoms with Crippen LogP contribution in [0.15, 0.2) is 47.4 Å². The molecule has 6 heteroatoms. The first-order valence-corrected chi connectivity index (χ1v) is 9.63. The lowest BCUT2D eigenvalue weighted by Gasteiger charge is -2.31. The molecule has 2 rings (SSSR count). The molecule has 0 bridgehead atoms. The Labute approximate surface area is 148 Å². The van der Waals surface area contributed by atoms with Crippen molar-refractivity contribution in [1.82, 2.24) is 0 Å². The molecule has 0 saturated heterocycles. The van der Waals surface area contributed by atoms with E-state index in [1.807, 2.05) is 20.8 Å². The van der Waals surface area contributed by atoms with Crippen LogP contribution in [0.2, 0.25) is 5.02 Å². The summed E-state index contributed by atoms with van der Waals surface area (Å²) in [5.41, 5.74) is 1.93. The van der Waals surface area contributed by atoms with Crippen LogP contribution >= 0.6 is 11.6 Å². The SMILES string of the molecule is CC[C@H](C)N(c1cc(Cl)ccc1CO)S(=O)(=O)c1ccc(C)cc1. The van der Waals surface area contributed by atoms with Gasteiger partial charge in [0.05, 0.1) is 17.2 Å². The van der Waals surface area contributed by atoms with E-state index >= 15 is 0 Å². The zero-order valence-corrected chi connectivity index (χ0v) is 15.6. The molecule has 0 fully saturated rings. The first-order valence-electron chi connectivity index (χ1n) is 7.81. The molecule has 0 aliphatic heterocycles. The van der Waals surface area contributed by atoms with Crippen molar-refractivity contribution in [3.8, 4) is 0 Å². The van der Waals surface area contributed by atoms with Crippen molar-refractivity contribution in [2.24, 2.45) is 0 Å². The van der Waals surface area contributed by atoms with Gasteiger partial charge in [0.1, 0.15) is 0 Å². The zero-order chi connectivity index (χ0) is 17.9. The van der Waals surface area contributed by atoms with Gasteiger partial charge in [-0.15, -0.1) is 0 Å². The fourth-order valence-corrected chi connectivity index (χ4v) is 4.39. The fraction of sp³-hybridized carbons (Fsp3) is 0.333. The highest BCUT2D eigenvalue weighted by atomic mass is 35.5. The van der Waals surface area contributed by atoms with E-state index in [2.05, 4.69) is 0 Å². The van der Waals surface area contributed by atoms with Gasteiger partial charge in [-0.1, -0.05) is 42.3 Å². The van der Waals surface area contributed by atoms with Crippen LogP contribution in [0, 0.1) is 6.92 Å². The van der Waals surface area contributed by atoms with Gasteiger partial charge in [-0.2, -0.15) is 0 Å². The van der Waals surface area contributed by atoms with Gasteiger partial charge < -0.3 is 5.11 Å². The van der Waals surface area contributed by atoms with E-state index in [0.717, 1.165) is 5.56 Å². The number of hydrogen-bond acceptors (Lipinski definition) is 3. The predicted octanol–water partition coefficient (Wildman–Crippen LogP) is 4.13. The van der Waals surface area contributed by atoms with Crippen LogP contribution in [0.1, 0.15) is 31.4 Å². The van der Waals surface area contributed by atoms with Crippen molar-refractivity contribution in [2.75, 3.05) is 4.31 Å². The summed E-state index contributed by atoms with van der Waals surface area (Å²) in [4.78, 5) is 0.220. The van der Waals surface area contributed by atoms with Gasteiger partial charge in [-0.3, -0.25) is 4.31 Å². The topological polar surface area (TPSA) is 57.6 Å². The number of rotatable bonds is 6. The van der Waals surface area contributed by atoms with Crippen molar-refractivity contribution < 1.29 is 13.5 Å². The fourth-order valence-electron chi connectivity index (χ4n) is 2.47. The predicted molar refractivity (Wildman–Crippen MR) is 98.0 cm³/mol. The Morgan fingerprint density at radius 2 is 1.79 bits per heavy atom. The number of nitrogens with zero attached hydrogens (tertiary/aromatic N) is 1. The highest BCUT2D eigenvalue weighted by Gasteiger charge is 2.30. The Bertz CT molecular complexity index is 804. The molecule has 130 valence electrons. The Morgan fingerprint density at radius 1 is 1.17 bits per heavy atom. The standard InChI is InChI=1S/C18H22ClNO3S/c1-4-14(3)20(18-11-16(19)8-7-15(18)12-21)24(22,23)17-9-5-13(2)6-10-17/h5-11,14,21H,4,12H2,1-3H3/t14-/m0/s1. The number of sulfonamides is 1. The number of anilines is 1.